The van der Waals surface area contributed by atoms with Crippen LogP contribution in [0.3, 0.4) is 0 Å². The third-order valence-electron chi connectivity index (χ3n) is 3.38. The van der Waals surface area contributed by atoms with Gasteiger partial charge in [-0.1, -0.05) is 25.1 Å². The van der Waals surface area contributed by atoms with Crippen molar-refractivity contribution in [2.75, 3.05) is 0 Å². The molecule has 1 aromatic heterocycles. The van der Waals surface area contributed by atoms with Crippen LogP contribution in [0, 0.1) is 0 Å². The summed E-state index contributed by atoms with van der Waals surface area (Å²) < 4.78 is 0. The van der Waals surface area contributed by atoms with Crippen molar-refractivity contribution < 1.29 is 14.7 Å². The van der Waals surface area contributed by atoms with Crippen LogP contribution in [0.15, 0.2) is 24.3 Å². The first-order valence-corrected chi connectivity index (χ1v) is 6.65. The maximum absolute atomic E-state index is 12.0. The molecule has 2 aromatic rings. The molecule has 0 aliphatic heterocycles. The van der Waals surface area contributed by atoms with Crippen molar-refractivity contribution in [3.63, 3.8) is 0 Å². The Balaban J connectivity index is 2.34. The van der Waals surface area contributed by atoms with Crippen molar-refractivity contribution in [3.05, 3.63) is 35.5 Å². The van der Waals surface area contributed by atoms with Crippen LogP contribution in [-0.4, -0.2) is 28.0 Å². The van der Waals surface area contributed by atoms with E-state index in [-0.39, 0.29) is 24.1 Å². The number of benzene rings is 1. The number of carboxylic acid groups (broad SMARTS) is 1. The Morgan fingerprint density at radius 1 is 1.35 bits per heavy atom. The van der Waals surface area contributed by atoms with Crippen molar-refractivity contribution in [3.8, 4) is 0 Å². The van der Waals surface area contributed by atoms with Gasteiger partial charge >= 0.3 is 5.97 Å². The Morgan fingerprint density at radius 2 is 2.05 bits per heavy atom. The van der Waals surface area contributed by atoms with Crippen LogP contribution in [0.25, 0.3) is 10.9 Å². The van der Waals surface area contributed by atoms with Crippen molar-refractivity contribution in [1.29, 1.82) is 0 Å². The normalized spacial score (nSPS) is 12.3. The first-order chi connectivity index (χ1) is 9.52. The predicted molar refractivity (Wildman–Crippen MR) is 76.9 cm³/mol. The highest BCUT2D eigenvalue weighted by Gasteiger charge is 2.19. The Bertz CT molecular complexity index is 646. The monoisotopic (exact) mass is 274 g/mol. The first-order valence-electron chi connectivity index (χ1n) is 6.65. The second-order valence-electron chi connectivity index (χ2n) is 4.88. The Morgan fingerprint density at radius 3 is 2.70 bits per heavy atom. The molecule has 106 valence electrons. The molecule has 0 aliphatic rings. The molecule has 0 saturated heterocycles. The van der Waals surface area contributed by atoms with Crippen LogP contribution in [-0.2, 0) is 11.2 Å². The number of fused-ring (bicyclic) bond motifs is 1. The van der Waals surface area contributed by atoms with E-state index >= 15 is 0 Å². The number of carbonyl (C=O) groups excluding carboxylic acids is 1. The molecule has 3 N–H and O–H groups in total. The number of aromatic nitrogens is 1. The molecule has 1 atom stereocenters. The van der Waals surface area contributed by atoms with Crippen LogP contribution in [0.1, 0.15) is 36.3 Å². The fraction of sp³-hybridized carbons (Fsp3) is 0.333. The summed E-state index contributed by atoms with van der Waals surface area (Å²) in [5.74, 6) is -1.21. The van der Waals surface area contributed by atoms with Gasteiger partial charge in [-0.25, -0.2) is 4.79 Å². The summed E-state index contributed by atoms with van der Waals surface area (Å²) in [5, 5.41) is 12.9. The van der Waals surface area contributed by atoms with Gasteiger partial charge < -0.3 is 15.4 Å². The van der Waals surface area contributed by atoms with E-state index in [1.807, 2.05) is 32.0 Å². The van der Waals surface area contributed by atoms with Crippen LogP contribution < -0.4 is 5.32 Å². The van der Waals surface area contributed by atoms with Gasteiger partial charge in [0.2, 0.25) is 5.91 Å². The number of hydrogen-bond acceptors (Lipinski definition) is 2. The zero-order valence-corrected chi connectivity index (χ0v) is 11.6. The zero-order valence-electron chi connectivity index (χ0n) is 11.6. The highest BCUT2D eigenvalue weighted by atomic mass is 16.4. The SMILES string of the molecule is CCC(C)NC(=O)Cc1c(C(=O)O)[nH]c2ccccc12. The van der Waals surface area contributed by atoms with Crippen LogP contribution in [0.5, 0.6) is 0 Å². The van der Waals surface area contributed by atoms with E-state index in [9.17, 15) is 14.7 Å². The van der Waals surface area contributed by atoms with Crippen molar-refractivity contribution >= 4 is 22.8 Å². The second-order valence-corrected chi connectivity index (χ2v) is 4.88. The number of carboxylic acids is 1. The van der Waals surface area contributed by atoms with Gasteiger partial charge in [-0.15, -0.1) is 0 Å². The van der Waals surface area contributed by atoms with Gasteiger partial charge in [0, 0.05) is 22.5 Å². The Hall–Kier alpha value is -2.30. The third-order valence-corrected chi connectivity index (χ3v) is 3.38. The maximum atomic E-state index is 12.0. The number of nitrogens with one attached hydrogen (secondary N) is 2. The smallest absolute Gasteiger partial charge is 0.352 e. The molecule has 0 radical (unpaired) electrons. The minimum Gasteiger partial charge on any atom is -0.477 e. The van der Waals surface area contributed by atoms with E-state index in [4.69, 9.17) is 0 Å². The first kappa shape index (κ1) is 14.1. The number of H-pyrrole nitrogens is 1. The largest absolute Gasteiger partial charge is 0.477 e. The maximum Gasteiger partial charge on any atom is 0.352 e. The average molecular weight is 274 g/mol. The van der Waals surface area contributed by atoms with E-state index in [0.717, 1.165) is 17.3 Å². The van der Waals surface area contributed by atoms with Gasteiger partial charge in [0.15, 0.2) is 0 Å². The lowest BCUT2D eigenvalue weighted by Crippen LogP contribution is -2.33. The molecule has 2 rings (SSSR count). The minimum atomic E-state index is -1.05. The molecular weight excluding hydrogens is 256 g/mol. The van der Waals surface area contributed by atoms with E-state index in [1.54, 1.807) is 6.07 Å². The topological polar surface area (TPSA) is 82.2 Å². The number of para-hydroxylation sites is 1. The molecular formula is C15H18N2O3. The van der Waals surface area contributed by atoms with E-state index in [0.29, 0.717) is 5.56 Å². The number of aromatic carboxylic acids is 1. The Labute approximate surface area is 117 Å². The molecule has 20 heavy (non-hydrogen) atoms. The quantitative estimate of drug-likeness (QED) is 0.782. The standard InChI is InChI=1S/C15H18N2O3/c1-3-9(2)16-13(18)8-11-10-6-4-5-7-12(10)17-14(11)15(19)20/h4-7,9,17H,3,8H2,1-2H3,(H,16,18)(H,19,20). The predicted octanol–water partition coefficient (Wildman–Crippen LogP) is 2.32. The van der Waals surface area contributed by atoms with Crippen LogP contribution in [0.4, 0.5) is 0 Å². The minimum absolute atomic E-state index is 0.0655. The second kappa shape index (κ2) is 5.77. The van der Waals surface area contributed by atoms with E-state index in [2.05, 4.69) is 10.3 Å². The van der Waals surface area contributed by atoms with Gasteiger partial charge in [-0.3, -0.25) is 4.79 Å². The summed E-state index contributed by atoms with van der Waals surface area (Å²) in [6.07, 6.45) is 0.904. The Kier molecular flexibility index (Phi) is 4.08. The van der Waals surface area contributed by atoms with Crippen molar-refractivity contribution in [1.82, 2.24) is 10.3 Å². The molecule has 0 saturated carbocycles. The van der Waals surface area contributed by atoms with Gasteiger partial charge in [0.1, 0.15) is 5.69 Å². The van der Waals surface area contributed by atoms with Crippen molar-refractivity contribution in [2.45, 2.75) is 32.7 Å². The number of hydrogen-bond donors (Lipinski definition) is 3. The number of amides is 1. The molecule has 0 bridgehead atoms. The van der Waals surface area contributed by atoms with Gasteiger partial charge in [-0.2, -0.15) is 0 Å². The van der Waals surface area contributed by atoms with Gasteiger partial charge in [0.05, 0.1) is 6.42 Å². The van der Waals surface area contributed by atoms with Gasteiger partial charge in [-0.05, 0) is 19.4 Å². The van der Waals surface area contributed by atoms with Crippen LogP contribution in [0.2, 0.25) is 0 Å². The zero-order chi connectivity index (χ0) is 14.7. The van der Waals surface area contributed by atoms with E-state index < -0.39 is 5.97 Å². The summed E-state index contributed by atoms with van der Waals surface area (Å²) in [4.78, 5) is 26.1. The van der Waals surface area contributed by atoms with Crippen LogP contribution >= 0.6 is 0 Å². The molecule has 1 heterocycles. The molecule has 5 nitrogen and oxygen atoms in total. The summed E-state index contributed by atoms with van der Waals surface area (Å²) in [7, 11) is 0. The molecule has 1 unspecified atom stereocenters. The number of carbonyl (C=O) groups is 2. The fourth-order valence-electron chi connectivity index (χ4n) is 2.15. The summed E-state index contributed by atoms with van der Waals surface area (Å²) >= 11 is 0. The molecule has 1 aromatic carbocycles. The lowest BCUT2D eigenvalue weighted by atomic mass is 10.1. The number of rotatable bonds is 5. The molecule has 0 spiro atoms. The number of aromatic amines is 1. The third kappa shape index (κ3) is 2.82. The molecule has 1 amide bonds. The fourth-order valence-corrected chi connectivity index (χ4v) is 2.15. The lowest BCUT2D eigenvalue weighted by molar-refractivity contribution is -0.121. The highest BCUT2D eigenvalue weighted by Crippen LogP contribution is 2.23. The van der Waals surface area contributed by atoms with Gasteiger partial charge in [0.25, 0.3) is 0 Å². The summed E-state index contributed by atoms with van der Waals surface area (Å²) in [5.41, 5.74) is 1.36. The van der Waals surface area contributed by atoms with E-state index in [1.165, 1.54) is 0 Å². The van der Waals surface area contributed by atoms with Crippen molar-refractivity contribution in [2.24, 2.45) is 0 Å². The average Bonchev–Trinajstić information content (AvgIpc) is 2.78. The summed E-state index contributed by atoms with van der Waals surface area (Å²) in [6, 6.07) is 7.37. The summed E-state index contributed by atoms with van der Waals surface area (Å²) in [6.45, 7) is 3.91. The molecule has 0 fully saturated rings. The molecule has 0 aliphatic carbocycles. The highest BCUT2D eigenvalue weighted by molar-refractivity contribution is 5.99. The molecule has 5 heteroatoms. The lowest BCUT2D eigenvalue weighted by Gasteiger charge is -2.11.